The second-order valence-electron chi connectivity index (χ2n) is 7.80. The Labute approximate surface area is 194 Å². The van der Waals surface area contributed by atoms with E-state index in [1.165, 1.54) is 0 Å². The van der Waals surface area contributed by atoms with E-state index in [1.807, 2.05) is 25.1 Å². The van der Waals surface area contributed by atoms with Crippen LogP contribution in [-0.4, -0.2) is 57.7 Å². The smallest absolute Gasteiger partial charge is 0.254 e. The molecule has 1 aliphatic heterocycles. The summed E-state index contributed by atoms with van der Waals surface area (Å²) in [5.74, 6) is 2.24. The molecule has 3 rings (SSSR count). The fraction of sp³-hybridized carbons (Fsp3) is 0.440. The van der Waals surface area contributed by atoms with Crippen LogP contribution in [0.25, 0.3) is 0 Å². The zero-order valence-electron chi connectivity index (χ0n) is 19.7. The third-order valence-corrected chi connectivity index (χ3v) is 5.75. The van der Waals surface area contributed by atoms with Crippen molar-refractivity contribution in [3.63, 3.8) is 0 Å². The number of nitrogens with one attached hydrogen (secondary N) is 1. The predicted octanol–water partition coefficient (Wildman–Crippen LogP) is 3.28. The summed E-state index contributed by atoms with van der Waals surface area (Å²) in [7, 11) is 4.70. The highest BCUT2D eigenvalue weighted by atomic mass is 16.5. The number of amides is 2. The maximum atomic E-state index is 12.9. The highest BCUT2D eigenvalue weighted by Gasteiger charge is 2.28. The van der Waals surface area contributed by atoms with Gasteiger partial charge in [-0.05, 0) is 49.6 Å². The van der Waals surface area contributed by atoms with Crippen molar-refractivity contribution in [1.29, 1.82) is 0 Å². The molecular formula is C25H32N2O6. The Kier molecular flexibility index (Phi) is 8.40. The van der Waals surface area contributed by atoms with E-state index < -0.39 is 0 Å². The Balaban J connectivity index is 1.53. The molecule has 8 heteroatoms. The van der Waals surface area contributed by atoms with Gasteiger partial charge in [-0.2, -0.15) is 0 Å². The van der Waals surface area contributed by atoms with E-state index in [9.17, 15) is 9.59 Å². The molecule has 1 aliphatic rings. The largest absolute Gasteiger partial charge is 0.497 e. The molecule has 0 radical (unpaired) electrons. The molecule has 2 amide bonds. The average molecular weight is 457 g/mol. The van der Waals surface area contributed by atoms with E-state index >= 15 is 0 Å². The van der Waals surface area contributed by atoms with Crippen LogP contribution in [0.15, 0.2) is 36.4 Å². The Hall–Kier alpha value is -3.42. The summed E-state index contributed by atoms with van der Waals surface area (Å²) in [6.45, 7) is 3.92. The SMILES string of the molecule is CCOc1ccc(CNC(=O)C2CCN(C(=O)c3cc(OC)cc(OC)c3)CC2)cc1OC. The van der Waals surface area contributed by atoms with Crippen LogP contribution < -0.4 is 24.3 Å². The number of hydrogen-bond donors (Lipinski definition) is 1. The molecule has 0 saturated carbocycles. The maximum Gasteiger partial charge on any atom is 0.254 e. The van der Waals surface area contributed by atoms with E-state index in [4.69, 9.17) is 18.9 Å². The minimum atomic E-state index is -0.126. The minimum absolute atomic E-state index is 0.00185. The molecule has 0 unspecified atom stereocenters. The lowest BCUT2D eigenvalue weighted by Crippen LogP contribution is -2.42. The molecule has 1 saturated heterocycles. The van der Waals surface area contributed by atoms with Crippen molar-refractivity contribution < 1.29 is 28.5 Å². The highest BCUT2D eigenvalue weighted by Crippen LogP contribution is 2.28. The first-order valence-corrected chi connectivity index (χ1v) is 11.1. The van der Waals surface area contributed by atoms with Crippen molar-refractivity contribution in [3.05, 3.63) is 47.5 Å². The van der Waals surface area contributed by atoms with Crippen LogP contribution in [0, 0.1) is 5.92 Å². The number of carbonyl (C=O) groups is 2. The van der Waals surface area contributed by atoms with Crippen LogP contribution >= 0.6 is 0 Å². The van der Waals surface area contributed by atoms with Crippen LogP contribution in [0.2, 0.25) is 0 Å². The molecule has 178 valence electrons. The third kappa shape index (κ3) is 6.09. The molecular weight excluding hydrogens is 424 g/mol. The number of nitrogens with zero attached hydrogens (tertiary/aromatic N) is 1. The second kappa shape index (κ2) is 11.4. The molecule has 1 heterocycles. The van der Waals surface area contributed by atoms with E-state index in [1.54, 1.807) is 44.4 Å². The summed E-state index contributed by atoms with van der Waals surface area (Å²) in [4.78, 5) is 27.4. The highest BCUT2D eigenvalue weighted by molar-refractivity contribution is 5.95. The lowest BCUT2D eigenvalue weighted by atomic mass is 9.95. The van der Waals surface area contributed by atoms with Crippen LogP contribution in [0.1, 0.15) is 35.7 Å². The standard InChI is InChI=1S/C25H32N2O6/c1-5-33-22-7-6-17(12-23(22)32-4)16-26-24(28)18-8-10-27(11-9-18)25(29)19-13-20(30-2)15-21(14-19)31-3/h6-7,12-15,18H,5,8-11,16H2,1-4H3,(H,26,28). The first-order valence-electron chi connectivity index (χ1n) is 11.1. The van der Waals surface area contributed by atoms with Crippen LogP contribution in [0.5, 0.6) is 23.0 Å². The number of benzene rings is 2. The van der Waals surface area contributed by atoms with Crippen molar-refractivity contribution in [1.82, 2.24) is 10.2 Å². The maximum absolute atomic E-state index is 12.9. The molecule has 0 atom stereocenters. The molecule has 1 N–H and O–H groups in total. The fourth-order valence-electron chi connectivity index (χ4n) is 3.89. The first-order chi connectivity index (χ1) is 16.0. The molecule has 33 heavy (non-hydrogen) atoms. The van der Waals surface area contributed by atoms with Crippen molar-refractivity contribution >= 4 is 11.8 Å². The molecule has 0 aliphatic carbocycles. The summed E-state index contributed by atoms with van der Waals surface area (Å²) < 4.78 is 21.4. The molecule has 2 aromatic rings. The number of methoxy groups -OCH3 is 3. The number of likely N-dealkylation sites (tertiary alicyclic amines) is 1. The topological polar surface area (TPSA) is 86.3 Å². The van der Waals surface area contributed by atoms with Crippen LogP contribution in [-0.2, 0) is 11.3 Å². The lowest BCUT2D eigenvalue weighted by Gasteiger charge is -2.31. The number of carbonyl (C=O) groups excluding carboxylic acids is 2. The van der Waals surface area contributed by atoms with Crippen molar-refractivity contribution in [2.45, 2.75) is 26.3 Å². The quantitative estimate of drug-likeness (QED) is 0.623. The zero-order chi connectivity index (χ0) is 23.8. The second-order valence-corrected chi connectivity index (χ2v) is 7.80. The Morgan fingerprint density at radius 3 is 2.18 bits per heavy atom. The van der Waals surface area contributed by atoms with E-state index in [0.717, 1.165) is 5.56 Å². The summed E-state index contributed by atoms with van der Waals surface area (Å²) >= 11 is 0. The predicted molar refractivity (Wildman–Crippen MR) is 124 cm³/mol. The zero-order valence-corrected chi connectivity index (χ0v) is 19.7. The third-order valence-electron chi connectivity index (χ3n) is 5.75. The lowest BCUT2D eigenvalue weighted by molar-refractivity contribution is -0.126. The van der Waals surface area contributed by atoms with Crippen molar-refractivity contribution in [2.24, 2.45) is 5.92 Å². The van der Waals surface area contributed by atoms with E-state index in [-0.39, 0.29) is 17.7 Å². The van der Waals surface area contributed by atoms with Gasteiger partial charge in [0.2, 0.25) is 5.91 Å². The number of rotatable bonds is 9. The monoisotopic (exact) mass is 456 g/mol. The average Bonchev–Trinajstić information content (AvgIpc) is 2.87. The van der Waals surface area contributed by atoms with Gasteiger partial charge < -0.3 is 29.2 Å². The van der Waals surface area contributed by atoms with Gasteiger partial charge in [0.25, 0.3) is 5.91 Å². The van der Waals surface area contributed by atoms with Gasteiger partial charge in [0.1, 0.15) is 11.5 Å². The van der Waals surface area contributed by atoms with Gasteiger partial charge in [0.05, 0.1) is 27.9 Å². The molecule has 1 fully saturated rings. The van der Waals surface area contributed by atoms with Gasteiger partial charge in [0.15, 0.2) is 11.5 Å². The van der Waals surface area contributed by atoms with Gasteiger partial charge in [-0.15, -0.1) is 0 Å². The Morgan fingerprint density at radius 2 is 1.61 bits per heavy atom. The number of piperidine rings is 1. The van der Waals surface area contributed by atoms with Crippen LogP contribution in [0.4, 0.5) is 0 Å². The van der Waals surface area contributed by atoms with Gasteiger partial charge >= 0.3 is 0 Å². The van der Waals surface area contributed by atoms with Gasteiger partial charge in [-0.25, -0.2) is 0 Å². The molecule has 0 aromatic heterocycles. The summed E-state index contributed by atoms with van der Waals surface area (Å²) in [5, 5.41) is 3.01. The molecule has 2 aromatic carbocycles. The van der Waals surface area contributed by atoms with Crippen molar-refractivity contribution in [3.8, 4) is 23.0 Å². The van der Waals surface area contributed by atoms with Gasteiger partial charge in [0, 0.05) is 37.2 Å². The van der Waals surface area contributed by atoms with Gasteiger partial charge in [-0.3, -0.25) is 9.59 Å². The Morgan fingerprint density at radius 1 is 0.939 bits per heavy atom. The van der Waals surface area contributed by atoms with Crippen LogP contribution in [0.3, 0.4) is 0 Å². The molecule has 0 spiro atoms. The normalized spacial score (nSPS) is 13.9. The first kappa shape index (κ1) is 24.2. The number of hydrogen-bond acceptors (Lipinski definition) is 6. The molecule has 0 bridgehead atoms. The van der Waals surface area contributed by atoms with E-state index in [0.29, 0.717) is 67.6 Å². The number of ether oxygens (including phenoxy) is 4. The fourth-order valence-corrected chi connectivity index (χ4v) is 3.89. The van der Waals surface area contributed by atoms with E-state index in [2.05, 4.69) is 5.32 Å². The summed E-state index contributed by atoms with van der Waals surface area (Å²) in [5.41, 5.74) is 1.45. The summed E-state index contributed by atoms with van der Waals surface area (Å²) in [6.07, 6.45) is 1.23. The minimum Gasteiger partial charge on any atom is -0.497 e. The summed E-state index contributed by atoms with van der Waals surface area (Å²) in [6, 6.07) is 10.8. The van der Waals surface area contributed by atoms with Gasteiger partial charge in [-0.1, -0.05) is 6.07 Å². The van der Waals surface area contributed by atoms with Crippen molar-refractivity contribution in [2.75, 3.05) is 41.0 Å². The Bertz CT molecular complexity index is 947. The molecule has 8 nitrogen and oxygen atoms in total.